The van der Waals surface area contributed by atoms with E-state index in [9.17, 15) is 9.59 Å². The lowest BCUT2D eigenvalue weighted by atomic mass is 10.1. The van der Waals surface area contributed by atoms with Gasteiger partial charge in [0.25, 0.3) is 11.5 Å². The van der Waals surface area contributed by atoms with Crippen LogP contribution in [-0.2, 0) is 24.2 Å². The number of H-pyrrole nitrogens is 1. The molecule has 0 bridgehead atoms. The molecule has 0 radical (unpaired) electrons. The first kappa shape index (κ1) is 21.2. The molecule has 1 atom stereocenters. The number of aromatic amines is 1. The van der Waals surface area contributed by atoms with Gasteiger partial charge in [-0.2, -0.15) is 0 Å². The average molecular weight is 445 g/mol. The van der Waals surface area contributed by atoms with Crippen LogP contribution >= 0.6 is 0 Å². The van der Waals surface area contributed by atoms with Crippen LogP contribution in [0.15, 0.2) is 53.5 Å². The molecule has 4 aromatic rings. The minimum Gasteiger partial charge on any atom is -0.484 e. The van der Waals surface area contributed by atoms with Gasteiger partial charge in [-0.15, -0.1) is 0 Å². The van der Waals surface area contributed by atoms with Gasteiger partial charge in [-0.1, -0.05) is 24.6 Å². The van der Waals surface area contributed by atoms with E-state index in [2.05, 4.69) is 16.4 Å². The number of fused-ring (bicyclic) bond motifs is 3. The van der Waals surface area contributed by atoms with Crippen LogP contribution in [0.4, 0.5) is 0 Å². The van der Waals surface area contributed by atoms with Crippen LogP contribution in [0.1, 0.15) is 37.6 Å². The predicted molar refractivity (Wildman–Crippen MR) is 129 cm³/mol. The number of rotatable bonds is 6. The zero-order valence-electron chi connectivity index (χ0n) is 18.8. The van der Waals surface area contributed by atoms with Gasteiger partial charge in [-0.05, 0) is 56.0 Å². The van der Waals surface area contributed by atoms with E-state index < -0.39 is 0 Å². The quantitative estimate of drug-likeness (QED) is 0.474. The molecule has 0 aliphatic carbocycles. The zero-order valence-corrected chi connectivity index (χ0v) is 18.8. The largest absolute Gasteiger partial charge is 0.484 e. The standard InChI is InChI=1S/C26H28N4O3/c1-17(13-18-15-27-22-8-5-4-7-20(18)22)28-25(31)16-33-19-10-11-23-21(14-19)26(32)30-12-6-2-3-9-24(30)29-23/h4-5,7-8,10-11,14-15,17,27H,2-3,6,9,12-13,16H2,1H3,(H,28,31)/t17-/m0/s1. The van der Waals surface area contributed by atoms with Gasteiger partial charge in [0.15, 0.2) is 6.61 Å². The Morgan fingerprint density at radius 3 is 2.97 bits per heavy atom. The van der Waals surface area contributed by atoms with E-state index in [1.54, 1.807) is 22.8 Å². The normalized spacial score (nSPS) is 14.6. The molecule has 0 unspecified atom stereocenters. The fraction of sp³-hybridized carbons (Fsp3) is 0.346. The van der Waals surface area contributed by atoms with Gasteiger partial charge in [-0.3, -0.25) is 14.2 Å². The van der Waals surface area contributed by atoms with Crippen molar-refractivity contribution in [2.24, 2.45) is 0 Å². The third kappa shape index (κ3) is 4.49. The van der Waals surface area contributed by atoms with E-state index >= 15 is 0 Å². The molecule has 7 heteroatoms. The van der Waals surface area contributed by atoms with Gasteiger partial charge in [-0.25, -0.2) is 4.98 Å². The maximum atomic E-state index is 13.0. The Morgan fingerprint density at radius 2 is 2.06 bits per heavy atom. The second-order valence-electron chi connectivity index (χ2n) is 8.80. The van der Waals surface area contributed by atoms with Gasteiger partial charge >= 0.3 is 0 Å². The summed E-state index contributed by atoms with van der Waals surface area (Å²) in [4.78, 5) is 33.4. The first-order valence-electron chi connectivity index (χ1n) is 11.6. The molecule has 33 heavy (non-hydrogen) atoms. The Bertz CT molecular complexity index is 1370. The summed E-state index contributed by atoms with van der Waals surface area (Å²) < 4.78 is 7.50. The van der Waals surface area contributed by atoms with Crippen molar-refractivity contribution in [3.8, 4) is 5.75 Å². The molecule has 0 saturated heterocycles. The molecule has 0 fully saturated rings. The van der Waals surface area contributed by atoms with Crippen molar-refractivity contribution in [1.82, 2.24) is 19.9 Å². The van der Waals surface area contributed by atoms with E-state index in [4.69, 9.17) is 9.72 Å². The minimum atomic E-state index is -0.195. The first-order valence-corrected chi connectivity index (χ1v) is 11.6. The lowest BCUT2D eigenvalue weighted by molar-refractivity contribution is -0.123. The third-order valence-electron chi connectivity index (χ3n) is 6.27. The van der Waals surface area contributed by atoms with Crippen LogP contribution < -0.4 is 15.6 Å². The number of hydrogen-bond donors (Lipinski definition) is 2. The lowest BCUT2D eigenvalue weighted by Crippen LogP contribution is -2.37. The highest BCUT2D eigenvalue weighted by molar-refractivity contribution is 5.83. The van der Waals surface area contributed by atoms with Crippen LogP contribution in [0, 0.1) is 0 Å². The number of carbonyl (C=O) groups excluding carboxylic acids is 1. The lowest BCUT2D eigenvalue weighted by Gasteiger charge is -2.14. The summed E-state index contributed by atoms with van der Waals surface area (Å²) in [6.45, 7) is 2.58. The molecule has 2 N–H and O–H groups in total. The Kier molecular flexibility index (Phi) is 5.86. The van der Waals surface area contributed by atoms with Crippen LogP contribution in [-0.4, -0.2) is 33.1 Å². The van der Waals surface area contributed by atoms with Crippen LogP contribution in [0.5, 0.6) is 5.75 Å². The number of nitrogens with one attached hydrogen (secondary N) is 2. The number of amides is 1. The molecule has 170 valence electrons. The van der Waals surface area contributed by atoms with Crippen molar-refractivity contribution in [1.29, 1.82) is 0 Å². The molecule has 7 nitrogen and oxygen atoms in total. The smallest absolute Gasteiger partial charge is 0.261 e. The van der Waals surface area contributed by atoms with E-state index in [0.29, 0.717) is 23.2 Å². The van der Waals surface area contributed by atoms with E-state index in [0.717, 1.165) is 43.4 Å². The number of carbonyl (C=O) groups is 1. The highest BCUT2D eigenvalue weighted by atomic mass is 16.5. The van der Waals surface area contributed by atoms with Crippen molar-refractivity contribution in [3.05, 3.63) is 70.4 Å². The highest BCUT2D eigenvalue weighted by Gasteiger charge is 2.15. The predicted octanol–water partition coefficient (Wildman–Crippen LogP) is 3.73. The molecule has 1 aliphatic rings. The van der Waals surface area contributed by atoms with Crippen molar-refractivity contribution in [2.45, 2.75) is 51.6 Å². The summed E-state index contributed by atoms with van der Waals surface area (Å²) in [6, 6.07) is 13.4. The van der Waals surface area contributed by atoms with Crippen molar-refractivity contribution in [2.75, 3.05) is 6.61 Å². The molecular weight excluding hydrogens is 416 g/mol. The summed E-state index contributed by atoms with van der Waals surface area (Å²) in [5.74, 6) is 1.16. The van der Waals surface area contributed by atoms with E-state index in [1.807, 2.05) is 31.3 Å². The Labute approximate surface area is 191 Å². The van der Waals surface area contributed by atoms with Crippen molar-refractivity contribution in [3.63, 3.8) is 0 Å². The van der Waals surface area contributed by atoms with E-state index in [-0.39, 0.29) is 24.1 Å². The molecule has 1 amide bonds. The summed E-state index contributed by atoms with van der Waals surface area (Å²) in [7, 11) is 0. The zero-order chi connectivity index (χ0) is 22.8. The number of aromatic nitrogens is 3. The fourth-order valence-corrected chi connectivity index (χ4v) is 4.63. The third-order valence-corrected chi connectivity index (χ3v) is 6.27. The second-order valence-corrected chi connectivity index (χ2v) is 8.80. The monoisotopic (exact) mass is 444 g/mol. The van der Waals surface area contributed by atoms with Crippen LogP contribution in [0.25, 0.3) is 21.8 Å². The van der Waals surface area contributed by atoms with Gasteiger partial charge < -0.3 is 15.0 Å². The number of aryl methyl sites for hydroxylation is 1. The number of para-hydroxylation sites is 1. The Hall–Kier alpha value is -3.61. The molecule has 0 saturated carbocycles. The van der Waals surface area contributed by atoms with Crippen LogP contribution in [0.3, 0.4) is 0 Å². The van der Waals surface area contributed by atoms with Crippen molar-refractivity contribution >= 4 is 27.7 Å². The molecule has 2 aromatic heterocycles. The number of nitrogens with zero attached hydrogens (tertiary/aromatic N) is 2. The maximum absolute atomic E-state index is 13.0. The number of benzene rings is 2. The second kappa shape index (κ2) is 9.10. The van der Waals surface area contributed by atoms with Crippen LogP contribution in [0.2, 0.25) is 0 Å². The Morgan fingerprint density at radius 1 is 1.18 bits per heavy atom. The van der Waals surface area contributed by atoms with Gasteiger partial charge in [0.2, 0.25) is 0 Å². The van der Waals surface area contributed by atoms with E-state index in [1.165, 1.54) is 10.9 Å². The van der Waals surface area contributed by atoms with Gasteiger partial charge in [0.1, 0.15) is 11.6 Å². The molecule has 5 rings (SSSR count). The maximum Gasteiger partial charge on any atom is 0.261 e. The SMILES string of the molecule is C[C@@H](Cc1c[nH]c2ccccc12)NC(=O)COc1ccc2nc3n(c(=O)c2c1)CCCCC3. The summed E-state index contributed by atoms with van der Waals surface area (Å²) in [5.41, 5.74) is 2.91. The fourth-order valence-electron chi connectivity index (χ4n) is 4.63. The molecule has 1 aliphatic heterocycles. The van der Waals surface area contributed by atoms with Gasteiger partial charge in [0.05, 0.1) is 10.9 Å². The summed E-state index contributed by atoms with van der Waals surface area (Å²) >= 11 is 0. The molecular formula is C26H28N4O3. The first-order chi connectivity index (χ1) is 16.1. The number of hydrogen-bond acceptors (Lipinski definition) is 4. The number of ether oxygens (including phenoxy) is 1. The van der Waals surface area contributed by atoms with Gasteiger partial charge in [0, 0.05) is 36.1 Å². The Balaban J connectivity index is 1.23. The van der Waals surface area contributed by atoms with Crippen molar-refractivity contribution < 1.29 is 9.53 Å². The summed E-state index contributed by atoms with van der Waals surface area (Å²) in [6.07, 6.45) is 6.72. The topological polar surface area (TPSA) is 89.0 Å². The molecule has 3 heterocycles. The molecule has 0 spiro atoms. The highest BCUT2D eigenvalue weighted by Crippen LogP contribution is 2.21. The summed E-state index contributed by atoms with van der Waals surface area (Å²) in [5, 5.41) is 4.70. The molecule has 2 aromatic carbocycles. The minimum absolute atomic E-state index is 0.0286. The average Bonchev–Trinajstić information content (AvgIpc) is 3.06.